The summed E-state index contributed by atoms with van der Waals surface area (Å²) in [4.78, 5) is 27.7. The van der Waals surface area contributed by atoms with Crippen LogP contribution in [0.15, 0.2) is 78.4 Å². The lowest BCUT2D eigenvalue weighted by Crippen LogP contribution is -2.29. The number of ketones is 1. The van der Waals surface area contributed by atoms with E-state index in [0.29, 0.717) is 28.1 Å². The number of rotatable bonds is 4. The average Bonchev–Trinajstić information content (AvgIpc) is 3.09. The second-order valence-corrected chi connectivity index (χ2v) is 7.44. The molecule has 1 heterocycles. The first-order chi connectivity index (χ1) is 15.5. The van der Waals surface area contributed by atoms with Gasteiger partial charge in [-0.25, -0.2) is 0 Å². The monoisotopic (exact) mass is 424 g/mol. The van der Waals surface area contributed by atoms with E-state index < -0.39 is 17.7 Å². The van der Waals surface area contributed by atoms with Crippen molar-refractivity contribution in [3.63, 3.8) is 0 Å². The van der Waals surface area contributed by atoms with Crippen LogP contribution in [0.4, 0.5) is 5.69 Å². The van der Waals surface area contributed by atoms with Crippen LogP contribution < -0.4 is 9.64 Å². The van der Waals surface area contributed by atoms with Crippen molar-refractivity contribution in [3.05, 3.63) is 101 Å². The summed E-state index contributed by atoms with van der Waals surface area (Å²) in [5, 5.41) is 20.4. The van der Waals surface area contributed by atoms with Crippen LogP contribution in [0.25, 0.3) is 5.76 Å². The summed E-state index contributed by atoms with van der Waals surface area (Å²) in [7, 11) is 1.48. The van der Waals surface area contributed by atoms with Crippen molar-refractivity contribution < 1.29 is 19.4 Å². The van der Waals surface area contributed by atoms with Gasteiger partial charge in [0.15, 0.2) is 0 Å². The lowest BCUT2D eigenvalue weighted by Gasteiger charge is -2.25. The highest BCUT2D eigenvalue weighted by atomic mass is 16.5. The van der Waals surface area contributed by atoms with Gasteiger partial charge in [-0.15, -0.1) is 0 Å². The number of methoxy groups -OCH3 is 1. The van der Waals surface area contributed by atoms with Gasteiger partial charge in [0.2, 0.25) is 0 Å². The summed E-state index contributed by atoms with van der Waals surface area (Å²) in [6, 6.07) is 21.9. The van der Waals surface area contributed by atoms with Crippen molar-refractivity contribution in [1.82, 2.24) is 0 Å². The molecule has 0 aromatic heterocycles. The molecule has 1 amide bonds. The first kappa shape index (κ1) is 20.9. The van der Waals surface area contributed by atoms with E-state index in [4.69, 9.17) is 10.00 Å². The number of Topliss-reactive ketones (excluding diaryl/α,β-unsaturated/α-hetero) is 1. The van der Waals surface area contributed by atoms with Crippen LogP contribution in [0, 0.1) is 18.3 Å². The Hall–Kier alpha value is -4.37. The number of aliphatic hydroxyl groups is 1. The molecule has 4 rings (SSSR count). The van der Waals surface area contributed by atoms with Crippen LogP contribution in [-0.2, 0) is 9.59 Å². The Kier molecular flexibility index (Phi) is 5.48. The summed E-state index contributed by atoms with van der Waals surface area (Å²) in [5.74, 6) is -1.45. The number of nitriles is 1. The van der Waals surface area contributed by atoms with E-state index in [9.17, 15) is 14.7 Å². The smallest absolute Gasteiger partial charge is 0.300 e. The van der Waals surface area contributed by atoms with Crippen molar-refractivity contribution in [2.45, 2.75) is 13.0 Å². The van der Waals surface area contributed by atoms with Crippen molar-refractivity contribution in [2.75, 3.05) is 12.0 Å². The molecule has 158 valence electrons. The number of ether oxygens (including phenoxy) is 1. The quantitative estimate of drug-likeness (QED) is 0.378. The number of carbonyl (C=O) groups is 2. The Morgan fingerprint density at radius 1 is 1.03 bits per heavy atom. The number of benzene rings is 3. The van der Waals surface area contributed by atoms with E-state index in [-0.39, 0.29) is 11.3 Å². The van der Waals surface area contributed by atoms with E-state index >= 15 is 0 Å². The Morgan fingerprint density at radius 2 is 1.72 bits per heavy atom. The van der Waals surface area contributed by atoms with Gasteiger partial charge in [0, 0.05) is 5.69 Å². The molecule has 3 aromatic rings. The molecule has 0 bridgehead atoms. The van der Waals surface area contributed by atoms with Gasteiger partial charge < -0.3 is 9.84 Å². The van der Waals surface area contributed by atoms with Gasteiger partial charge in [0.25, 0.3) is 11.7 Å². The largest absolute Gasteiger partial charge is 0.507 e. The zero-order valence-corrected chi connectivity index (χ0v) is 17.6. The number of anilines is 1. The fourth-order valence-electron chi connectivity index (χ4n) is 3.90. The van der Waals surface area contributed by atoms with E-state index in [2.05, 4.69) is 0 Å². The summed E-state index contributed by atoms with van der Waals surface area (Å²) in [5.41, 5.74) is 2.75. The predicted octanol–water partition coefficient (Wildman–Crippen LogP) is 4.50. The third kappa shape index (κ3) is 3.50. The molecule has 1 N–H and O–H groups in total. The maximum absolute atomic E-state index is 13.2. The van der Waals surface area contributed by atoms with Crippen LogP contribution in [0.1, 0.15) is 28.3 Å². The van der Waals surface area contributed by atoms with Gasteiger partial charge >= 0.3 is 0 Å². The van der Waals surface area contributed by atoms with Gasteiger partial charge in [0.05, 0.1) is 35.9 Å². The molecule has 0 saturated carbocycles. The Balaban J connectivity index is 1.96. The van der Waals surface area contributed by atoms with Gasteiger partial charge in [-0.1, -0.05) is 42.0 Å². The number of carbonyl (C=O) groups excluding carboxylic acids is 2. The summed E-state index contributed by atoms with van der Waals surface area (Å²) >= 11 is 0. The molecule has 1 unspecified atom stereocenters. The van der Waals surface area contributed by atoms with Crippen LogP contribution in [0.5, 0.6) is 5.75 Å². The maximum atomic E-state index is 13.2. The lowest BCUT2D eigenvalue weighted by molar-refractivity contribution is -0.132. The van der Waals surface area contributed by atoms with Crippen molar-refractivity contribution >= 4 is 23.1 Å². The Bertz CT molecular complexity index is 1270. The molecule has 0 spiro atoms. The van der Waals surface area contributed by atoms with E-state index in [0.717, 1.165) is 5.56 Å². The van der Waals surface area contributed by atoms with Crippen LogP contribution in [0.3, 0.4) is 0 Å². The molecule has 32 heavy (non-hydrogen) atoms. The predicted molar refractivity (Wildman–Crippen MR) is 120 cm³/mol. The first-order valence-electron chi connectivity index (χ1n) is 9.97. The first-order valence-corrected chi connectivity index (χ1v) is 9.97. The number of aryl methyl sites for hydroxylation is 1. The molecule has 6 heteroatoms. The number of aliphatic hydroxyl groups excluding tert-OH is 1. The molecular weight excluding hydrogens is 404 g/mol. The number of amides is 1. The Labute approximate surface area is 185 Å². The highest BCUT2D eigenvalue weighted by Gasteiger charge is 2.47. The molecule has 1 fully saturated rings. The third-order valence-electron chi connectivity index (χ3n) is 5.44. The van der Waals surface area contributed by atoms with Gasteiger partial charge in [-0.05, 0) is 48.9 Å². The summed E-state index contributed by atoms with van der Waals surface area (Å²) < 4.78 is 5.39. The fraction of sp³-hybridized carbons (Fsp3) is 0.115. The van der Waals surface area contributed by atoms with E-state index in [1.165, 1.54) is 12.0 Å². The zero-order chi connectivity index (χ0) is 22.8. The summed E-state index contributed by atoms with van der Waals surface area (Å²) in [6.07, 6.45) is 0. The van der Waals surface area contributed by atoms with Crippen molar-refractivity contribution in [2.24, 2.45) is 0 Å². The highest BCUT2D eigenvalue weighted by Crippen LogP contribution is 2.43. The molecule has 0 radical (unpaired) electrons. The lowest BCUT2D eigenvalue weighted by atomic mass is 9.94. The van der Waals surface area contributed by atoms with Gasteiger partial charge in [-0.2, -0.15) is 5.26 Å². The Morgan fingerprint density at radius 3 is 2.34 bits per heavy atom. The second kappa shape index (κ2) is 8.40. The number of hydrogen-bond acceptors (Lipinski definition) is 5. The number of hydrogen-bond donors (Lipinski definition) is 1. The van der Waals surface area contributed by atoms with Crippen molar-refractivity contribution in [1.29, 1.82) is 5.26 Å². The molecule has 6 nitrogen and oxygen atoms in total. The normalized spacial score (nSPS) is 17.3. The molecule has 0 aliphatic carbocycles. The van der Waals surface area contributed by atoms with Crippen LogP contribution in [-0.4, -0.2) is 23.9 Å². The van der Waals surface area contributed by atoms with E-state index in [1.807, 2.05) is 37.3 Å². The SMILES string of the molecule is COc1ccc(C)cc1/C(O)=C1\C(=O)C(=O)N(c2ccc(C#N)cc2)C1c1ccccc1. The number of nitrogens with zero attached hydrogens (tertiary/aromatic N) is 2. The molecule has 1 saturated heterocycles. The molecule has 1 atom stereocenters. The third-order valence-corrected chi connectivity index (χ3v) is 5.44. The topological polar surface area (TPSA) is 90.6 Å². The zero-order valence-electron chi connectivity index (χ0n) is 17.6. The minimum atomic E-state index is -0.839. The standard InChI is InChI=1S/C26H20N2O4/c1-16-8-13-21(32-2)20(14-16)24(29)22-23(18-6-4-3-5-7-18)28(26(31)25(22)30)19-11-9-17(15-27)10-12-19/h3-14,23,29H,1-2H3/b24-22+. The highest BCUT2D eigenvalue weighted by molar-refractivity contribution is 6.51. The molecule has 3 aromatic carbocycles. The van der Waals surface area contributed by atoms with Crippen molar-refractivity contribution in [3.8, 4) is 11.8 Å². The minimum absolute atomic E-state index is 0.0190. The van der Waals surface area contributed by atoms with Gasteiger partial charge in [0.1, 0.15) is 11.5 Å². The maximum Gasteiger partial charge on any atom is 0.300 e. The average molecular weight is 424 g/mol. The van der Waals surface area contributed by atoms with Crippen LogP contribution >= 0.6 is 0 Å². The van der Waals surface area contributed by atoms with E-state index in [1.54, 1.807) is 48.5 Å². The molecule has 1 aliphatic heterocycles. The minimum Gasteiger partial charge on any atom is -0.507 e. The second-order valence-electron chi connectivity index (χ2n) is 7.44. The molecular formula is C26H20N2O4. The van der Waals surface area contributed by atoms with Gasteiger partial charge in [-0.3, -0.25) is 14.5 Å². The molecule has 1 aliphatic rings. The van der Waals surface area contributed by atoms with Crippen LogP contribution in [0.2, 0.25) is 0 Å². The fourth-order valence-corrected chi connectivity index (χ4v) is 3.90. The summed E-state index contributed by atoms with van der Waals surface area (Å²) in [6.45, 7) is 1.86.